The first kappa shape index (κ1) is 11.8. The molecule has 0 spiro atoms. The fourth-order valence-electron chi connectivity index (χ4n) is 2.42. The number of fused-ring (bicyclic) bond motifs is 1. The molecule has 2 nitrogen and oxygen atoms in total. The Bertz CT molecular complexity index is 703. The van der Waals surface area contributed by atoms with Crippen LogP contribution in [0.4, 0.5) is 0 Å². The molecule has 3 aromatic rings. The minimum atomic E-state index is 0.448. The summed E-state index contributed by atoms with van der Waals surface area (Å²) in [5.74, 6) is 0.448. The zero-order valence-electron chi connectivity index (χ0n) is 11.2. The van der Waals surface area contributed by atoms with Crippen LogP contribution in [0.1, 0.15) is 25.3 Å². The molecule has 0 N–H and O–H groups in total. The molecule has 0 aliphatic carbocycles. The minimum Gasteiger partial charge on any atom is -0.158 e. The Hall–Kier alpha value is -2.22. The molecule has 0 fully saturated rings. The van der Waals surface area contributed by atoms with Crippen molar-refractivity contribution < 1.29 is 0 Å². The average Bonchev–Trinajstić information content (AvgIpc) is 2.46. The first-order chi connectivity index (χ1) is 9.27. The minimum absolute atomic E-state index is 0.448. The Kier molecular flexibility index (Phi) is 3.00. The summed E-state index contributed by atoms with van der Waals surface area (Å²) in [5, 5.41) is 9.69. The van der Waals surface area contributed by atoms with Crippen LogP contribution in [0.5, 0.6) is 0 Å². The molecule has 0 amide bonds. The van der Waals surface area contributed by atoms with Gasteiger partial charge in [-0.05, 0) is 17.0 Å². The van der Waals surface area contributed by atoms with Gasteiger partial charge in [0.25, 0.3) is 0 Å². The third kappa shape index (κ3) is 2.10. The molecule has 0 aliphatic heterocycles. The maximum Gasteiger partial charge on any atom is 0.0970 e. The summed E-state index contributed by atoms with van der Waals surface area (Å²) in [7, 11) is 0. The molecule has 0 saturated heterocycles. The van der Waals surface area contributed by atoms with Crippen molar-refractivity contribution in [1.29, 1.82) is 0 Å². The SMILES string of the molecule is CC(C)c1cccc2c(-c3ccccc3)cnnc12. The predicted molar refractivity (Wildman–Crippen MR) is 79.1 cm³/mol. The topological polar surface area (TPSA) is 25.8 Å². The lowest BCUT2D eigenvalue weighted by Crippen LogP contribution is -1.95. The predicted octanol–water partition coefficient (Wildman–Crippen LogP) is 4.42. The van der Waals surface area contributed by atoms with E-state index in [-0.39, 0.29) is 0 Å². The third-order valence-electron chi connectivity index (χ3n) is 3.41. The number of nitrogens with zero attached hydrogens (tertiary/aromatic N) is 2. The molecule has 0 unspecified atom stereocenters. The first-order valence-electron chi connectivity index (χ1n) is 6.57. The number of rotatable bonds is 2. The molecular formula is C17H16N2. The van der Waals surface area contributed by atoms with E-state index < -0.39 is 0 Å². The highest BCUT2D eigenvalue weighted by atomic mass is 15.1. The Morgan fingerprint density at radius 1 is 0.895 bits per heavy atom. The number of hydrogen-bond donors (Lipinski definition) is 0. The van der Waals surface area contributed by atoms with Crippen LogP contribution in [-0.4, -0.2) is 10.2 Å². The van der Waals surface area contributed by atoms with E-state index in [2.05, 4.69) is 54.4 Å². The van der Waals surface area contributed by atoms with Gasteiger partial charge in [-0.2, -0.15) is 10.2 Å². The molecule has 0 saturated carbocycles. The summed E-state index contributed by atoms with van der Waals surface area (Å²) in [6.07, 6.45) is 1.85. The van der Waals surface area contributed by atoms with Crippen molar-refractivity contribution in [2.24, 2.45) is 0 Å². The van der Waals surface area contributed by atoms with Crippen LogP contribution in [0.3, 0.4) is 0 Å². The standard InChI is InChI=1S/C17H16N2/c1-12(2)14-9-6-10-15-16(11-18-19-17(14)15)13-7-4-3-5-8-13/h3-12H,1-2H3. The van der Waals surface area contributed by atoms with Crippen molar-refractivity contribution in [3.05, 3.63) is 60.3 Å². The van der Waals surface area contributed by atoms with Crippen LogP contribution in [0.25, 0.3) is 22.0 Å². The largest absolute Gasteiger partial charge is 0.158 e. The molecule has 2 heteroatoms. The number of aromatic nitrogens is 2. The highest BCUT2D eigenvalue weighted by Crippen LogP contribution is 2.30. The molecule has 0 atom stereocenters. The lowest BCUT2D eigenvalue weighted by Gasteiger charge is -2.11. The zero-order valence-corrected chi connectivity index (χ0v) is 11.2. The highest BCUT2D eigenvalue weighted by molar-refractivity contribution is 5.95. The maximum absolute atomic E-state index is 4.34. The van der Waals surface area contributed by atoms with Gasteiger partial charge in [-0.25, -0.2) is 0 Å². The lowest BCUT2D eigenvalue weighted by atomic mass is 9.96. The molecule has 94 valence electrons. The fourth-order valence-corrected chi connectivity index (χ4v) is 2.42. The second kappa shape index (κ2) is 4.81. The highest BCUT2D eigenvalue weighted by Gasteiger charge is 2.10. The van der Waals surface area contributed by atoms with Crippen LogP contribution < -0.4 is 0 Å². The molecule has 1 heterocycles. The maximum atomic E-state index is 4.34. The van der Waals surface area contributed by atoms with E-state index in [0.29, 0.717) is 5.92 Å². The van der Waals surface area contributed by atoms with E-state index in [1.165, 1.54) is 16.5 Å². The van der Waals surface area contributed by atoms with E-state index >= 15 is 0 Å². The third-order valence-corrected chi connectivity index (χ3v) is 3.41. The van der Waals surface area contributed by atoms with Gasteiger partial charge < -0.3 is 0 Å². The van der Waals surface area contributed by atoms with Gasteiger partial charge in [-0.15, -0.1) is 0 Å². The smallest absolute Gasteiger partial charge is 0.0970 e. The summed E-state index contributed by atoms with van der Waals surface area (Å²) < 4.78 is 0. The van der Waals surface area contributed by atoms with Gasteiger partial charge in [0.05, 0.1) is 11.7 Å². The molecule has 0 aliphatic rings. The van der Waals surface area contributed by atoms with Crippen LogP contribution in [0.2, 0.25) is 0 Å². The average molecular weight is 248 g/mol. The molecular weight excluding hydrogens is 232 g/mol. The molecule has 0 bridgehead atoms. The van der Waals surface area contributed by atoms with E-state index in [9.17, 15) is 0 Å². The van der Waals surface area contributed by atoms with Gasteiger partial charge >= 0.3 is 0 Å². The molecule has 19 heavy (non-hydrogen) atoms. The van der Waals surface area contributed by atoms with Gasteiger partial charge in [-0.1, -0.05) is 62.4 Å². The van der Waals surface area contributed by atoms with E-state index in [0.717, 1.165) is 11.1 Å². The van der Waals surface area contributed by atoms with Crippen molar-refractivity contribution in [2.45, 2.75) is 19.8 Å². The summed E-state index contributed by atoms with van der Waals surface area (Å²) in [6.45, 7) is 4.37. The second-order valence-corrected chi connectivity index (χ2v) is 5.02. The Morgan fingerprint density at radius 3 is 2.42 bits per heavy atom. The van der Waals surface area contributed by atoms with Crippen LogP contribution in [-0.2, 0) is 0 Å². The lowest BCUT2D eigenvalue weighted by molar-refractivity contribution is 0.868. The molecule has 3 rings (SSSR count). The number of hydrogen-bond acceptors (Lipinski definition) is 2. The first-order valence-corrected chi connectivity index (χ1v) is 6.57. The van der Waals surface area contributed by atoms with Gasteiger partial charge in [0.2, 0.25) is 0 Å². The summed E-state index contributed by atoms with van der Waals surface area (Å²) in [5.41, 5.74) is 4.60. The quantitative estimate of drug-likeness (QED) is 0.671. The Labute approximate surface area is 113 Å². The zero-order chi connectivity index (χ0) is 13.2. The summed E-state index contributed by atoms with van der Waals surface area (Å²) >= 11 is 0. The van der Waals surface area contributed by atoms with Crippen molar-refractivity contribution in [2.75, 3.05) is 0 Å². The van der Waals surface area contributed by atoms with Gasteiger partial charge in [0.15, 0.2) is 0 Å². The van der Waals surface area contributed by atoms with Crippen molar-refractivity contribution in [1.82, 2.24) is 10.2 Å². The molecule has 2 aromatic carbocycles. The monoisotopic (exact) mass is 248 g/mol. The Balaban J connectivity index is 2.31. The normalized spacial score (nSPS) is 11.1. The van der Waals surface area contributed by atoms with Crippen LogP contribution in [0.15, 0.2) is 54.7 Å². The molecule has 1 aromatic heterocycles. The summed E-state index contributed by atoms with van der Waals surface area (Å²) in [6, 6.07) is 16.7. The van der Waals surface area contributed by atoms with Crippen molar-refractivity contribution in [3.63, 3.8) is 0 Å². The van der Waals surface area contributed by atoms with E-state index in [1.807, 2.05) is 24.4 Å². The fraction of sp³-hybridized carbons (Fsp3) is 0.176. The van der Waals surface area contributed by atoms with Crippen molar-refractivity contribution in [3.8, 4) is 11.1 Å². The second-order valence-electron chi connectivity index (χ2n) is 5.02. The van der Waals surface area contributed by atoms with Gasteiger partial charge in [0.1, 0.15) is 0 Å². The van der Waals surface area contributed by atoms with E-state index in [1.54, 1.807) is 0 Å². The van der Waals surface area contributed by atoms with Crippen molar-refractivity contribution >= 4 is 10.9 Å². The summed E-state index contributed by atoms with van der Waals surface area (Å²) in [4.78, 5) is 0. The van der Waals surface area contributed by atoms with E-state index in [4.69, 9.17) is 0 Å². The van der Waals surface area contributed by atoms with Crippen LogP contribution in [0, 0.1) is 0 Å². The Morgan fingerprint density at radius 2 is 1.68 bits per heavy atom. The molecule has 0 radical (unpaired) electrons. The van der Waals surface area contributed by atoms with Crippen LogP contribution >= 0.6 is 0 Å². The van der Waals surface area contributed by atoms with Gasteiger partial charge in [0, 0.05) is 10.9 Å². The number of benzene rings is 2. The van der Waals surface area contributed by atoms with Gasteiger partial charge in [-0.3, -0.25) is 0 Å².